The molecule has 1 aromatic rings. The molecule has 0 unspecified atom stereocenters. The van der Waals surface area contributed by atoms with E-state index in [1.54, 1.807) is 12.1 Å². The van der Waals surface area contributed by atoms with Crippen molar-refractivity contribution in [3.63, 3.8) is 0 Å². The Morgan fingerprint density at radius 1 is 1.54 bits per heavy atom. The molecule has 0 radical (unpaired) electrons. The number of carbonyl (C=O) groups excluding carboxylic acids is 1. The molecule has 70 valence electrons. The van der Waals surface area contributed by atoms with Crippen molar-refractivity contribution in [2.24, 2.45) is 5.84 Å². The van der Waals surface area contributed by atoms with Gasteiger partial charge in [-0.15, -0.1) is 0 Å². The largest absolute Gasteiger partial charge is 0.324 e. The van der Waals surface area contributed by atoms with Crippen LogP contribution in [0.2, 0.25) is 0 Å². The van der Waals surface area contributed by atoms with E-state index in [2.05, 4.69) is 5.43 Å². The number of nitrogens with two attached hydrogens (primary N) is 1. The number of nitrogens with one attached hydrogen (secondary N) is 1. The van der Waals surface area contributed by atoms with Crippen molar-refractivity contribution in [2.45, 2.75) is 19.8 Å². The van der Waals surface area contributed by atoms with Crippen LogP contribution in [0.5, 0.6) is 0 Å². The lowest BCUT2D eigenvalue weighted by atomic mass is 10.1. The fourth-order valence-electron chi connectivity index (χ4n) is 1.15. The average molecular weight is 178 g/mol. The molecule has 0 atom stereocenters. The van der Waals surface area contributed by atoms with Gasteiger partial charge in [0.25, 0.3) is 0 Å². The lowest BCUT2D eigenvalue weighted by Crippen LogP contribution is -2.07. The summed E-state index contributed by atoms with van der Waals surface area (Å²) >= 11 is 0. The second-order valence-electron chi connectivity index (χ2n) is 2.90. The first-order valence-electron chi connectivity index (χ1n) is 4.37. The second kappa shape index (κ2) is 4.62. The zero-order valence-corrected chi connectivity index (χ0v) is 7.71. The predicted octanol–water partition coefficient (Wildman–Crippen LogP) is 1.96. The molecular formula is C10H14N2O. The zero-order valence-electron chi connectivity index (χ0n) is 7.71. The Morgan fingerprint density at radius 3 is 2.92 bits per heavy atom. The second-order valence-corrected chi connectivity index (χ2v) is 2.90. The van der Waals surface area contributed by atoms with Crippen LogP contribution in [-0.2, 0) is 0 Å². The Balaban J connectivity index is 2.82. The molecule has 1 rings (SSSR count). The summed E-state index contributed by atoms with van der Waals surface area (Å²) < 4.78 is 0. The lowest BCUT2D eigenvalue weighted by Gasteiger charge is -2.02. The first kappa shape index (κ1) is 9.74. The highest BCUT2D eigenvalue weighted by Gasteiger charge is 2.03. The quantitative estimate of drug-likeness (QED) is 0.421. The fourth-order valence-corrected chi connectivity index (χ4v) is 1.15. The Labute approximate surface area is 77.9 Å². The maximum Gasteiger partial charge on any atom is 0.162 e. The minimum atomic E-state index is 0.166. The number of carbonyl (C=O) groups is 1. The van der Waals surface area contributed by atoms with Crippen molar-refractivity contribution in [3.8, 4) is 0 Å². The van der Waals surface area contributed by atoms with Gasteiger partial charge in [0.2, 0.25) is 0 Å². The van der Waals surface area contributed by atoms with Gasteiger partial charge in [-0.3, -0.25) is 10.6 Å². The monoisotopic (exact) mass is 178 g/mol. The van der Waals surface area contributed by atoms with E-state index in [1.807, 2.05) is 19.1 Å². The summed E-state index contributed by atoms with van der Waals surface area (Å²) in [4.78, 5) is 11.4. The van der Waals surface area contributed by atoms with E-state index >= 15 is 0 Å². The van der Waals surface area contributed by atoms with Gasteiger partial charge < -0.3 is 5.43 Å². The summed E-state index contributed by atoms with van der Waals surface area (Å²) in [6.45, 7) is 1.99. The van der Waals surface area contributed by atoms with Crippen molar-refractivity contribution in [3.05, 3.63) is 29.8 Å². The van der Waals surface area contributed by atoms with E-state index in [1.165, 1.54) is 0 Å². The molecule has 3 nitrogen and oxygen atoms in total. The van der Waals surface area contributed by atoms with Crippen LogP contribution in [0, 0.1) is 0 Å². The molecule has 0 aromatic heterocycles. The van der Waals surface area contributed by atoms with Crippen molar-refractivity contribution >= 4 is 11.5 Å². The van der Waals surface area contributed by atoms with Crippen molar-refractivity contribution in [1.82, 2.24) is 0 Å². The summed E-state index contributed by atoms with van der Waals surface area (Å²) in [5.41, 5.74) is 4.00. The highest BCUT2D eigenvalue weighted by atomic mass is 16.1. The molecule has 0 aliphatic heterocycles. The van der Waals surface area contributed by atoms with Crippen molar-refractivity contribution < 1.29 is 4.79 Å². The number of anilines is 1. The fraction of sp³-hybridized carbons (Fsp3) is 0.300. The van der Waals surface area contributed by atoms with Gasteiger partial charge in [0, 0.05) is 17.7 Å². The standard InChI is InChI=1S/C10H14N2O/c1-2-4-10(13)8-5-3-6-9(7-8)12-11/h3,5-7,12H,2,4,11H2,1H3. The first-order valence-corrected chi connectivity index (χ1v) is 4.37. The third-order valence-electron chi connectivity index (χ3n) is 1.83. The van der Waals surface area contributed by atoms with E-state index in [0.717, 1.165) is 17.7 Å². The van der Waals surface area contributed by atoms with Crippen LogP contribution in [0.4, 0.5) is 5.69 Å². The molecule has 0 saturated heterocycles. The van der Waals surface area contributed by atoms with Gasteiger partial charge in [-0.25, -0.2) is 0 Å². The molecule has 13 heavy (non-hydrogen) atoms. The van der Waals surface area contributed by atoms with E-state index in [9.17, 15) is 4.79 Å². The van der Waals surface area contributed by atoms with E-state index in [0.29, 0.717) is 6.42 Å². The first-order chi connectivity index (χ1) is 6.27. The number of nitrogen functional groups attached to an aromatic ring is 1. The number of hydrazine groups is 1. The third kappa shape index (κ3) is 2.56. The van der Waals surface area contributed by atoms with Crippen LogP contribution >= 0.6 is 0 Å². The summed E-state index contributed by atoms with van der Waals surface area (Å²) in [6, 6.07) is 7.21. The number of Topliss-reactive ketones (excluding diaryl/α,β-unsaturated/α-hetero) is 1. The van der Waals surface area contributed by atoms with Gasteiger partial charge in [0.15, 0.2) is 5.78 Å². The van der Waals surface area contributed by atoms with Gasteiger partial charge in [-0.05, 0) is 18.6 Å². The minimum absolute atomic E-state index is 0.166. The number of ketones is 1. The Kier molecular flexibility index (Phi) is 3.46. The van der Waals surface area contributed by atoms with Crippen LogP contribution in [0.25, 0.3) is 0 Å². The zero-order chi connectivity index (χ0) is 9.68. The molecule has 0 bridgehead atoms. The van der Waals surface area contributed by atoms with E-state index in [-0.39, 0.29) is 5.78 Å². The van der Waals surface area contributed by atoms with E-state index in [4.69, 9.17) is 5.84 Å². The highest BCUT2D eigenvalue weighted by Crippen LogP contribution is 2.11. The normalized spacial score (nSPS) is 9.69. The number of hydrogen-bond acceptors (Lipinski definition) is 3. The average Bonchev–Trinajstić information content (AvgIpc) is 2.18. The maximum atomic E-state index is 11.4. The maximum absolute atomic E-state index is 11.4. The van der Waals surface area contributed by atoms with Crippen molar-refractivity contribution in [2.75, 3.05) is 5.43 Å². The Hall–Kier alpha value is -1.35. The minimum Gasteiger partial charge on any atom is -0.324 e. The molecular weight excluding hydrogens is 164 g/mol. The summed E-state index contributed by atoms with van der Waals surface area (Å²) in [5, 5.41) is 0. The summed E-state index contributed by atoms with van der Waals surface area (Å²) in [6.07, 6.45) is 1.47. The molecule has 3 N–H and O–H groups in total. The van der Waals surface area contributed by atoms with Crippen LogP contribution < -0.4 is 11.3 Å². The number of rotatable bonds is 4. The molecule has 3 heteroatoms. The molecule has 0 spiro atoms. The molecule has 0 amide bonds. The third-order valence-corrected chi connectivity index (χ3v) is 1.83. The summed E-state index contributed by atoms with van der Waals surface area (Å²) in [7, 11) is 0. The van der Waals surface area contributed by atoms with Gasteiger partial charge >= 0.3 is 0 Å². The SMILES string of the molecule is CCCC(=O)c1cccc(NN)c1. The number of hydrogen-bond donors (Lipinski definition) is 2. The summed E-state index contributed by atoms with van der Waals surface area (Å²) in [5.74, 6) is 5.40. The van der Waals surface area contributed by atoms with Crippen LogP contribution in [0.3, 0.4) is 0 Å². The van der Waals surface area contributed by atoms with Crippen LogP contribution in [0.15, 0.2) is 24.3 Å². The van der Waals surface area contributed by atoms with Crippen LogP contribution in [0.1, 0.15) is 30.1 Å². The highest BCUT2D eigenvalue weighted by molar-refractivity contribution is 5.96. The topological polar surface area (TPSA) is 55.1 Å². The Morgan fingerprint density at radius 2 is 2.31 bits per heavy atom. The van der Waals surface area contributed by atoms with Gasteiger partial charge in [-0.1, -0.05) is 19.1 Å². The number of benzene rings is 1. The molecule has 0 saturated carbocycles. The van der Waals surface area contributed by atoms with Gasteiger partial charge in [0.1, 0.15) is 0 Å². The molecule has 0 heterocycles. The van der Waals surface area contributed by atoms with Crippen molar-refractivity contribution in [1.29, 1.82) is 0 Å². The molecule has 0 fully saturated rings. The lowest BCUT2D eigenvalue weighted by molar-refractivity contribution is 0.0982. The van der Waals surface area contributed by atoms with E-state index < -0.39 is 0 Å². The molecule has 0 aliphatic rings. The smallest absolute Gasteiger partial charge is 0.162 e. The van der Waals surface area contributed by atoms with Gasteiger partial charge in [0.05, 0.1) is 0 Å². The Bertz CT molecular complexity index is 297. The predicted molar refractivity (Wildman–Crippen MR) is 53.5 cm³/mol. The van der Waals surface area contributed by atoms with Crippen LogP contribution in [-0.4, -0.2) is 5.78 Å². The molecule has 1 aromatic carbocycles. The van der Waals surface area contributed by atoms with Gasteiger partial charge in [-0.2, -0.15) is 0 Å². The molecule has 0 aliphatic carbocycles.